The zero-order valence-electron chi connectivity index (χ0n) is 10.1. The smallest absolute Gasteiger partial charge is 0.0581 e. The first-order valence-corrected chi connectivity index (χ1v) is 5.88. The molecule has 14 heavy (non-hydrogen) atoms. The van der Waals surface area contributed by atoms with Crippen molar-refractivity contribution in [2.75, 3.05) is 13.1 Å². The minimum absolute atomic E-state index is 0.0765. The first-order chi connectivity index (χ1) is 6.45. The molecule has 0 aromatic heterocycles. The number of hydrogen-bond acceptors (Lipinski definition) is 2. The molecular formula is C12H25NO. The molecule has 0 saturated carbocycles. The third-order valence-corrected chi connectivity index (χ3v) is 3.40. The number of aliphatic hydroxyl groups excluding tert-OH is 1. The van der Waals surface area contributed by atoms with Gasteiger partial charge < -0.3 is 5.11 Å². The Balaban J connectivity index is 2.63. The minimum Gasteiger partial charge on any atom is -0.393 e. The van der Waals surface area contributed by atoms with Gasteiger partial charge in [0, 0.05) is 12.1 Å². The molecule has 2 atom stereocenters. The second-order valence-corrected chi connectivity index (χ2v) is 5.49. The molecular weight excluding hydrogens is 174 g/mol. The fourth-order valence-electron chi connectivity index (χ4n) is 2.23. The molecule has 1 N–H and O–H groups in total. The van der Waals surface area contributed by atoms with E-state index in [1.165, 1.54) is 0 Å². The van der Waals surface area contributed by atoms with Crippen molar-refractivity contribution in [3.05, 3.63) is 0 Å². The number of rotatable bonds is 1. The van der Waals surface area contributed by atoms with Crippen LogP contribution >= 0.6 is 0 Å². The topological polar surface area (TPSA) is 23.5 Å². The number of likely N-dealkylation sites (tertiary alicyclic amines) is 1. The van der Waals surface area contributed by atoms with E-state index in [1.807, 2.05) is 0 Å². The van der Waals surface area contributed by atoms with Crippen molar-refractivity contribution in [2.45, 2.75) is 58.6 Å². The van der Waals surface area contributed by atoms with E-state index in [2.05, 4.69) is 32.6 Å². The van der Waals surface area contributed by atoms with Gasteiger partial charge in [0.1, 0.15) is 0 Å². The lowest BCUT2D eigenvalue weighted by atomic mass is 9.96. The fourth-order valence-corrected chi connectivity index (χ4v) is 2.23. The molecule has 0 radical (unpaired) electrons. The molecule has 0 aromatic rings. The predicted octanol–water partition coefficient (Wildman–Crippen LogP) is 2.27. The highest BCUT2D eigenvalue weighted by molar-refractivity contribution is 4.83. The van der Waals surface area contributed by atoms with Crippen molar-refractivity contribution in [2.24, 2.45) is 5.92 Å². The van der Waals surface area contributed by atoms with E-state index in [-0.39, 0.29) is 11.6 Å². The minimum atomic E-state index is -0.0765. The molecule has 0 aliphatic carbocycles. The first-order valence-electron chi connectivity index (χ1n) is 5.88. The Morgan fingerprint density at radius 1 is 1.36 bits per heavy atom. The summed E-state index contributed by atoms with van der Waals surface area (Å²) in [5.74, 6) is 0.469. The zero-order chi connectivity index (χ0) is 10.8. The maximum Gasteiger partial charge on any atom is 0.0581 e. The molecule has 2 nitrogen and oxygen atoms in total. The number of aliphatic hydroxyl groups is 1. The number of nitrogens with zero attached hydrogens (tertiary/aromatic N) is 1. The molecule has 0 unspecified atom stereocenters. The van der Waals surface area contributed by atoms with Crippen molar-refractivity contribution in [1.29, 1.82) is 0 Å². The van der Waals surface area contributed by atoms with Gasteiger partial charge >= 0.3 is 0 Å². The van der Waals surface area contributed by atoms with E-state index in [1.54, 1.807) is 0 Å². The van der Waals surface area contributed by atoms with Crippen LogP contribution in [0.25, 0.3) is 0 Å². The Bertz CT molecular complexity index is 174. The highest BCUT2D eigenvalue weighted by Crippen LogP contribution is 2.24. The number of hydrogen-bond donors (Lipinski definition) is 1. The molecule has 0 spiro atoms. The molecule has 1 aliphatic heterocycles. The van der Waals surface area contributed by atoms with Gasteiger partial charge in [-0.2, -0.15) is 0 Å². The van der Waals surface area contributed by atoms with E-state index in [4.69, 9.17) is 0 Å². The van der Waals surface area contributed by atoms with Crippen LogP contribution in [-0.2, 0) is 0 Å². The summed E-state index contributed by atoms with van der Waals surface area (Å²) in [4.78, 5) is 2.51. The van der Waals surface area contributed by atoms with E-state index < -0.39 is 0 Å². The van der Waals surface area contributed by atoms with E-state index >= 15 is 0 Å². The van der Waals surface area contributed by atoms with Gasteiger partial charge in [0.25, 0.3) is 0 Å². The molecule has 1 heterocycles. The third kappa shape index (κ3) is 2.96. The quantitative estimate of drug-likeness (QED) is 0.700. The van der Waals surface area contributed by atoms with Crippen LogP contribution in [0.2, 0.25) is 0 Å². The van der Waals surface area contributed by atoms with Crippen LogP contribution in [0, 0.1) is 5.92 Å². The summed E-state index contributed by atoms with van der Waals surface area (Å²) >= 11 is 0. The monoisotopic (exact) mass is 199 g/mol. The van der Waals surface area contributed by atoms with E-state index in [9.17, 15) is 5.11 Å². The molecule has 84 valence electrons. The van der Waals surface area contributed by atoms with Crippen molar-refractivity contribution < 1.29 is 5.11 Å². The summed E-state index contributed by atoms with van der Waals surface area (Å²) in [5.41, 5.74) is 0.248. The van der Waals surface area contributed by atoms with Gasteiger partial charge in [0.15, 0.2) is 0 Å². The van der Waals surface area contributed by atoms with Gasteiger partial charge in [-0.05, 0) is 52.5 Å². The highest BCUT2D eigenvalue weighted by atomic mass is 16.3. The summed E-state index contributed by atoms with van der Waals surface area (Å²) in [6.45, 7) is 11.2. The maximum absolute atomic E-state index is 9.91. The Morgan fingerprint density at radius 2 is 2.00 bits per heavy atom. The summed E-state index contributed by atoms with van der Waals surface area (Å²) < 4.78 is 0. The lowest BCUT2D eigenvalue weighted by molar-refractivity contribution is 0.0691. The summed E-state index contributed by atoms with van der Waals surface area (Å²) in [7, 11) is 0. The molecule has 0 bridgehead atoms. The standard InChI is InChI=1S/C12H25NO/c1-5-10-9-13(12(2,3)4)8-6-7-11(10)14/h10-11,14H,5-9H2,1-4H3/t10-,11-/m1/s1. The second kappa shape index (κ2) is 4.63. The maximum atomic E-state index is 9.91. The zero-order valence-corrected chi connectivity index (χ0v) is 10.1. The van der Waals surface area contributed by atoms with Gasteiger partial charge in [-0.15, -0.1) is 0 Å². The summed E-state index contributed by atoms with van der Waals surface area (Å²) in [5, 5.41) is 9.91. The lowest BCUT2D eigenvalue weighted by Gasteiger charge is -2.36. The largest absolute Gasteiger partial charge is 0.393 e. The van der Waals surface area contributed by atoms with Gasteiger partial charge in [0.2, 0.25) is 0 Å². The Hall–Kier alpha value is -0.0800. The first kappa shape index (κ1) is 12.0. The molecule has 0 aromatic carbocycles. The van der Waals surface area contributed by atoms with Gasteiger partial charge in [0.05, 0.1) is 6.10 Å². The summed E-state index contributed by atoms with van der Waals surface area (Å²) in [6.07, 6.45) is 3.13. The fraction of sp³-hybridized carbons (Fsp3) is 1.00. The average Bonchev–Trinajstić information content (AvgIpc) is 2.25. The van der Waals surface area contributed by atoms with Crippen LogP contribution < -0.4 is 0 Å². The predicted molar refractivity (Wildman–Crippen MR) is 60.3 cm³/mol. The molecule has 1 fully saturated rings. The SMILES string of the molecule is CC[C@@H]1CN(C(C)(C)C)CCC[C@H]1O. The van der Waals surface area contributed by atoms with Crippen molar-refractivity contribution in [1.82, 2.24) is 4.90 Å². The van der Waals surface area contributed by atoms with Crippen LogP contribution in [0.3, 0.4) is 0 Å². The van der Waals surface area contributed by atoms with E-state index in [0.29, 0.717) is 5.92 Å². The van der Waals surface area contributed by atoms with Crippen LogP contribution in [0.4, 0.5) is 0 Å². The summed E-state index contributed by atoms with van der Waals surface area (Å²) in [6, 6.07) is 0. The van der Waals surface area contributed by atoms with Crippen molar-refractivity contribution >= 4 is 0 Å². The second-order valence-electron chi connectivity index (χ2n) is 5.49. The molecule has 2 heteroatoms. The Kier molecular flexibility index (Phi) is 3.96. The van der Waals surface area contributed by atoms with Crippen LogP contribution in [0.5, 0.6) is 0 Å². The van der Waals surface area contributed by atoms with Crippen molar-refractivity contribution in [3.63, 3.8) is 0 Å². The van der Waals surface area contributed by atoms with Gasteiger partial charge in [-0.1, -0.05) is 6.92 Å². The normalized spacial score (nSPS) is 31.5. The molecule has 1 rings (SSSR count). The highest BCUT2D eigenvalue weighted by Gasteiger charge is 2.29. The van der Waals surface area contributed by atoms with Crippen LogP contribution in [-0.4, -0.2) is 34.7 Å². The van der Waals surface area contributed by atoms with Gasteiger partial charge in [-0.3, -0.25) is 4.90 Å². The van der Waals surface area contributed by atoms with Crippen LogP contribution in [0.15, 0.2) is 0 Å². The average molecular weight is 199 g/mol. The Morgan fingerprint density at radius 3 is 2.50 bits per heavy atom. The Labute approximate surface area is 88.3 Å². The van der Waals surface area contributed by atoms with Crippen LogP contribution in [0.1, 0.15) is 47.0 Å². The lowest BCUT2D eigenvalue weighted by Crippen LogP contribution is -2.44. The third-order valence-electron chi connectivity index (χ3n) is 3.40. The molecule has 1 aliphatic rings. The van der Waals surface area contributed by atoms with E-state index in [0.717, 1.165) is 32.4 Å². The molecule has 0 amide bonds. The molecule has 1 saturated heterocycles. The van der Waals surface area contributed by atoms with Gasteiger partial charge in [-0.25, -0.2) is 0 Å². The van der Waals surface area contributed by atoms with Crippen molar-refractivity contribution in [3.8, 4) is 0 Å².